The largest absolute Gasteiger partial charge is 0.397 e. The zero-order chi connectivity index (χ0) is 15.6. The summed E-state index contributed by atoms with van der Waals surface area (Å²) >= 11 is 11.9. The Labute approximate surface area is 133 Å². The minimum absolute atomic E-state index is 0.145. The normalized spacial score (nSPS) is 10.9. The summed E-state index contributed by atoms with van der Waals surface area (Å²) < 4.78 is 1.79. The highest BCUT2D eigenvalue weighted by molar-refractivity contribution is 6.37. The average molecular weight is 327 g/mol. The molecule has 0 aliphatic rings. The Morgan fingerprint density at radius 2 is 2.14 bits per heavy atom. The first-order valence-electron chi connectivity index (χ1n) is 6.44. The Morgan fingerprint density at radius 3 is 2.76 bits per heavy atom. The molecule has 0 saturated carbocycles. The zero-order valence-corrected chi connectivity index (χ0v) is 13.2. The van der Waals surface area contributed by atoms with Crippen molar-refractivity contribution < 1.29 is 4.79 Å². The Morgan fingerprint density at radius 1 is 1.43 bits per heavy atom. The van der Waals surface area contributed by atoms with Gasteiger partial charge < -0.3 is 15.6 Å². The molecule has 112 valence electrons. The van der Waals surface area contributed by atoms with Crippen LogP contribution in [-0.2, 0) is 11.3 Å². The van der Waals surface area contributed by atoms with Gasteiger partial charge in [0.05, 0.1) is 16.4 Å². The lowest BCUT2D eigenvalue weighted by Crippen LogP contribution is -2.21. The van der Waals surface area contributed by atoms with Crippen molar-refractivity contribution in [1.82, 2.24) is 9.55 Å². The number of nitrogens with two attached hydrogens (primary N) is 1. The van der Waals surface area contributed by atoms with Gasteiger partial charge in [0.15, 0.2) is 0 Å². The molecule has 5 nitrogen and oxygen atoms in total. The molecular weight excluding hydrogens is 311 g/mol. The first-order valence-corrected chi connectivity index (χ1v) is 7.19. The van der Waals surface area contributed by atoms with E-state index in [4.69, 9.17) is 28.9 Å². The fraction of sp³-hybridized carbons (Fsp3) is 0.286. The number of halogens is 2. The van der Waals surface area contributed by atoms with Gasteiger partial charge in [0.1, 0.15) is 12.4 Å². The molecule has 3 N–H and O–H groups in total. The Balaban J connectivity index is 2.14. The van der Waals surface area contributed by atoms with Crippen LogP contribution in [0.5, 0.6) is 0 Å². The molecule has 0 unspecified atom stereocenters. The van der Waals surface area contributed by atoms with E-state index in [1.54, 1.807) is 23.0 Å². The van der Waals surface area contributed by atoms with E-state index in [2.05, 4.69) is 10.3 Å². The van der Waals surface area contributed by atoms with Crippen LogP contribution in [0, 0.1) is 0 Å². The molecule has 2 rings (SSSR count). The van der Waals surface area contributed by atoms with Crippen molar-refractivity contribution in [2.75, 3.05) is 11.1 Å². The van der Waals surface area contributed by atoms with Crippen molar-refractivity contribution in [2.45, 2.75) is 26.3 Å². The van der Waals surface area contributed by atoms with E-state index >= 15 is 0 Å². The van der Waals surface area contributed by atoms with Gasteiger partial charge in [-0.2, -0.15) is 0 Å². The first kappa shape index (κ1) is 15.7. The standard InChI is InChI=1S/C14H16Cl2N4O/c1-8(2)14-18-3-4-20(14)7-12(21)19-13-10(16)5-9(15)6-11(13)17/h3-6,8H,7,17H2,1-2H3,(H,19,21). The highest BCUT2D eigenvalue weighted by Gasteiger charge is 2.13. The molecule has 0 spiro atoms. The summed E-state index contributed by atoms with van der Waals surface area (Å²) in [6.45, 7) is 4.18. The summed E-state index contributed by atoms with van der Waals surface area (Å²) in [5, 5.41) is 3.44. The highest BCUT2D eigenvalue weighted by atomic mass is 35.5. The molecule has 1 heterocycles. The maximum Gasteiger partial charge on any atom is 0.244 e. The van der Waals surface area contributed by atoms with Crippen molar-refractivity contribution in [1.29, 1.82) is 0 Å². The second-order valence-corrected chi connectivity index (χ2v) is 5.81. The molecule has 1 amide bonds. The van der Waals surface area contributed by atoms with Crippen LogP contribution in [0.2, 0.25) is 10.0 Å². The molecule has 1 aromatic carbocycles. The van der Waals surface area contributed by atoms with E-state index in [-0.39, 0.29) is 18.4 Å². The van der Waals surface area contributed by atoms with Crippen molar-refractivity contribution in [3.63, 3.8) is 0 Å². The Bertz CT molecular complexity index is 644. The Hall–Kier alpha value is -1.72. The van der Waals surface area contributed by atoms with Crippen LogP contribution in [0.3, 0.4) is 0 Å². The Kier molecular flexibility index (Phi) is 4.75. The fourth-order valence-corrected chi connectivity index (χ4v) is 2.57. The van der Waals surface area contributed by atoms with Crippen molar-refractivity contribution in [2.24, 2.45) is 0 Å². The summed E-state index contributed by atoms with van der Waals surface area (Å²) in [4.78, 5) is 16.4. The van der Waals surface area contributed by atoms with Gasteiger partial charge in [-0.25, -0.2) is 4.98 Å². The van der Waals surface area contributed by atoms with Crippen molar-refractivity contribution in [3.05, 3.63) is 40.4 Å². The predicted octanol–water partition coefficient (Wildman–Crippen LogP) is 3.53. The van der Waals surface area contributed by atoms with Gasteiger partial charge in [-0.15, -0.1) is 0 Å². The number of rotatable bonds is 4. The predicted molar refractivity (Wildman–Crippen MR) is 85.8 cm³/mol. The van der Waals surface area contributed by atoms with E-state index < -0.39 is 0 Å². The second kappa shape index (κ2) is 6.37. The zero-order valence-electron chi connectivity index (χ0n) is 11.7. The SMILES string of the molecule is CC(C)c1nccn1CC(=O)Nc1c(N)cc(Cl)cc1Cl. The number of benzene rings is 1. The minimum Gasteiger partial charge on any atom is -0.397 e. The highest BCUT2D eigenvalue weighted by Crippen LogP contribution is 2.32. The van der Waals surface area contributed by atoms with Crippen LogP contribution in [0.15, 0.2) is 24.5 Å². The summed E-state index contributed by atoms with van der Waals surface area (Å²) in [6, 6.07) is 3.08. The molecule has 0 fully saturated rings. The van der Waals surface area contributed by atoms with Gasteiger partial charge in [-0.05, 0) is 12.1 Å². The lowest BCUT2D eigenvalue weighted by Gasteiger charge is -2.13. The lowest BCUT2D eigenvalue weighted by atomic mass is 10.2. The second-order valence-electron chi connectivity index (χ2n) is 4.97. The van der Waals surface area contributed by atoms with Gasteiger partial charge in [-0.1, -0.05) is 37.0 Å². The molecule has 1 aromatic heterocycles. The van der Waals surface area contributed by atoms with Crippen LogP contribution in [0.25, 0.3) is 0 Å². The average Bonchev–Trinajstić information content (AvgIpc) is 2.82. The summed E-state index contributed by atoms with van der Waals surface area (Å²) in [5.41, 5.74) is 6.52. The van der Waals surface area contributed by atoms with E-state index in [0.717, 1.165) is 5.82 Å². The van der Waals surface area contributed by atoms with Crippen LogP contribution in [0.4, 0.5) is 11.4 Å². The van der Waals surface area contributed by atoms with E-state index in [1.165, 1.54) is 6.07 Å². The first-order chi connectivity index (χ1) is 9.88. The lowest BCUT2D eigenvalue weighted by molar-refractivity contribution is -0.116. The van der Waals surface area contributed by atoms with E-state index in [9.17, 15) is 4.79 Å². The number of nitrogens with one attached hydrogen (secondary N) is 1. The molecule has 0 aliphatic heterocycles. The fourth-order valence-electron chi connectivity index (χ4n) is 2.01. The molecule has 0 aliphatic carbocycles. The minimum atomic E-state index is -0.231. The van der Waals surface area contributed by atoms with Crippen LogP contribution in [-0.4, -0.2) is 15.5 Å². The number of anilines is 2. The number of aromatic nitrogens is 2. The maximum absolute atomic E-state index is 12.1. The molecule has 0 bridgehead atoms. The number of carbonyl (C=O) groups is 1. The number of imidazole rings is 1. The van der Waals surface area contributed by atoms with Crippen LogP contribution >= 0.6 is 23.2 Å². The molecule has 0 radical (unpaired) electrons. The van der Waals surface area contributed by atoms with Gasteiger partial charge >= 0.3 is 0 Å². The molecule has 21 heavy (non-hydrogen) atoms. The molecule has 0 atom stereocenters. The van der Waals surface area contributed by atoms with E-state index in [1.807, 2.05) is 13.8 Å². The molecule has 0 saturated heterocycles. The summed E-state index contributed by atoms with van der Waals surface area (Å²) in [7, 11) is 0. The quantitative estimate of drug-likeness (QED) is 0.844. The number of nitrogens with zero attached hydrogens (tertiary/aromatic N) is 2. The molecule has 7 heteroatoms. The van der Waals surface area contributed by atoms with E-state index in [0.29, 0.717) is 21.4 Å². The van der Waals surface area contributed by atoms with Gasteiger partial charge in [0, 0.05) is 23.3 Å². The third-order valence-electron chi connectivity index (χ3n) is 2.93. The topological polar surface area (TPSA) is 72.9 Å². The third kappa shape index (κ3) is 3.68. The number of hydrogen-bond acceptors (Lipinski definition) is 3. The smallest absolute Gasteiger partial charge is 0.244 e. The monoisotopic (exact) mass is 326 g/mol. The van der Waals surface area contributed by atoms with Gasteiger partial charge in [0.25, 0.3) is 0 Å². The number of carbonyl (C=O) groups excluding carboxylic acids is 1. The molecular formula is C14H16Cl2N4O. The van der Waals surface area contributed by atoms with Crippen molar-refractivity contribution >= 4 is 40.5 Å². The number of hydrogen-bond donors (Lipinski definition) is 2. The maximum atomic E-state index is 12.1. The van der Waals surface area contributed by atoms with Crippen LogP contribution in [0.1, 0.15) is 25.6 Å². The van der Waals surface area contributed by atoms with Gasteiger partial charge in [0.2, 0.25) is 5.91 Å². The van der Waals surface area contributed by atoms with Crippen molar-refractivity contribution in [3.8, 4) is 0 Å². The third-order valence-corrected chi connectivity index (χ3v) is 3.44. The van der Waals surface area contributed by atoms with Gasteiger partial charge in [-0.3, -0.25) is 4.79 Å². The van der Waals surface area contributed by atoms with Crippen LogP contribution < -0.4 is 11.1 Å². The summed E-state index contributed by atoms with van der Waals surface area (Å²) in [6.07, 6.45) is 3.44. The number of nitrogen functional groups attached to an aromatic ring is 1. The summed E-state index contributed by atoms with van der Waals surface area (Å²) in [5.74, 6) is 0.850. The number of amides is 1. The molecule has 2 aromatic rings.